The summed E-state index contributed by atoms with van der Waals surface area (Å²) >= 11 is 0. The molecule has 0 unspecified atom stereocenters. The molecule has 0 saturated carbocycles. The van der Waals surface area contributed by atoms with Crippen molar-refractivity contribution >= 4 is 21.9 Å². The van der Waals surface area contributed by atoms with E-state index >= 15 is 0 Å². The van der Waals surface area contributed by atoms with Crippen LogP contribution in [0, 0.1) is 11.5 Å². The zero-order valence-corrected chi connectivity index (χ0v) is 16.3. The van der Waals surface area contributed by atoms with Gasteiger partial charge in [-0.3, -0.25) is 4.79 Å². The summed E-state index contributed by atoms with van der Waals surface area (Å²) in [7, 11) is -2.95. The Kier molecular flexibility index (Phi) is 5.05. The summed E-state index contributed by atoms with van der Waals surface area (Å²) in [5.74, 6) is 3.02. The topological polar surface area (TPSA) is 17.1 Å². The monoisotopic (exact) mass is 304 g/mol. The lowest BCUT2D eigenvalue weighted by Crippen LogP contribution is -2.29. The SMILES string of the molecule is CC1=C(C)CC([Si](C)(C)C)=C(C(=O)C#C[Si](C)(C)C)C1. The predicted molar refractivity (Wildman–Crippen MR) is 94.1 cm³/mol. The Hall–Kier alpha value is -0.856. The van der Waals surface area contributed by atoms with Crippen molar-refractivity contribution in [2.24, 2.45) is 0 Å². The quantitative estimate of drug-likeness (QED) is 0.409. The van der Waals surface area contributed by atoms with E-state index in [1.165, 1.54) is 16.3 Å². The minimum Gasteiger partial charge on any atom is -0.280 e. The number of hydrogen-bond donors (Lipinski definition) is 0. The maximum absolute atomic E-state index is 12.5. The Morgan fingerprint density at radius 2 is 1.45 bits per heavy atom. The van der Waals surface area contributed by atoms with E-state index in [0.29, 0.717) is 0 Å². The lowest BCUT2D eigenvalue weighted by atomic mass is 9.91. The van der Waals surface area contributed by atoms with Gasteiger partial charge in [0, 0.05) is 5.57 Å². The Balaban J connectivity index is 3.22. The van der Waals surface area contributed by atoms with Crippen molar-refractivity contribution < 1.29 is 4.79 Å². The first-order valence-electron chi connectivity index (χ1n) is 7.37. The summed E-state index contributed by atoms with van der Waals surface area (Å²) in [5.41, 5.74) is 7.03. The van der Waals surface area contributed by atoms with Gasteiger partial charge in [0.15, 0.2) is 0 Å². The van der Waals surface area contributed by atoms with Crippen molar-refractivity contribution in [1.82, 2.24) is 0 Å². The third kappa shape index (κ3) is 4.61. The standard InChI is InChI=1S/C17H28OSi2/c1-13-11-15(16(18)9-10-19(3,4)5)17(12-14(13)2)20(6,7)8/h11-12H2,1-8H3. The number of carbonyl (C=O) groups is 1. The van der Waals surface area contributed by atoms with Gasteiger partial charge in [-0.2, -0.15) is 0 Å². The van der Waals surface area contributed by atoms with Crippen LogP contribution in [-0.4, -0.2) is 21.9 Å². The highest BCUT2D eigenvalue weighted by atomic mass is 28.3. The van der Waals surface area contributed by atoms with Crippen LogP contribution >= 0.6 is 0 Å². The van der Waals surface area contributed by atoms with Crippen LogP contribution in [0.15, 0.2) is 21.9 Å². The average molecular weight is 305 g/mol. The second kappa shape index (κ2) is 5.87. The van der Waals surface area contributed by atoms with Crippen LogP contribution in [0.2, 0.25) is 39.3 Å². The van der Waals surface area contributed by atoms with Crippen LogP contribution < -0.4 is 0 Å². The van der Waals surface area contributed by atoms with Crippen molar-refractivity contribution in [2.75, 3.05) is 0 Å². The largest absolute Gasteiger partial charge is 0.280 e. The van der Waals surface area contributed by atoms with Gasteiger partial charge in [-0.1, -0.05) is 55.6 Å². The van der Waals surface area contributed by atoms with Crippen LogP contribution in [-0.2, 0) is 4.79 Å². The molecule has 20 heavy (non-hydrogen) atoms. The molecule has 0 fully saturated rings. The lowest BCUT2D eigenvalue weighted by Gasteiger charge is -2.29. The first kappa shape index (κ1) is 17.2. The summed E-state index contributed by atoms with van der Waals surface area (Å²) in [6.07, 6.45) is 1.79. The summed E-state index contributed by atoms with van der Waals surface area (Å²) in [6, 6.07) is 0. The van der Waals surface area contributed by atoms with Crippen LogP contribution in [0.1, 0.15) is 26.7 Å². The van der Waals surface area contributed by atoms with E-state index in [1.54, 1.807) is 0 Å². The minimum absolute atomic E-state index is 0.0803. The van der Waals surface area contributed by atoms with Gasteiger partial charge >= 0.3 is 0 Å². The highest BCUT2D eigenvalue weighted by molar-refractivity contribution is 6.84. The van der Waals surface area contributed by atoms with E-state index in [-0.39, 0.29) is 5.78 Å². The third-order valence-electron chi connectivity index (χ3n) is 3.71. The summed E-state index contributed by atoms with van der Waals surface area (Å²) in [4.78, 5) is 12.5. The molecule has 1 rings (SSSR count). The molecule has 0 atom stereocenters. The van der Waals surface area contributed by atoms with Gasteiger partial charge in [0.05, 0.1) is 8.07 Å². The summed E-state index contributed by atoms with van der Waals surface area (Å²) < 4.78 is 0. The molecule has 0 heterocycles. The van der Waals surface area contributed by atoms with Crippen molar-refractivity contribution in [3.63, 3.8) is 0 Å². The molecule has 0 saturated heterocycles. The molecule has 1 nitrogen and oxygen atoms in total. The van der Waals surface area contributed by atoms with E-state index in [0.717, 1.165) is 18.4 Å². The van der Waals surface area contributed by atoms with Gasteiger partial charge in [-0.15, -0.1) is 5.54 Å². The molecule has 0 bridgehead atoms. The number of allylic oxidation sites excluding steroid dienone is 4. The van der Waals surface area contributed by atoms with E-state index in [1.807, 2.05) is 0 Å². The smallest absolute Gasteiger partial charge is 0.231 e. The number of Topliss-reactive ketones (excluding diaryl/α,β-unsaturated/α-hetero) is 1. The number of hydrogen-bond acceptors (Lipinski definition) is 1. The molecule has 1 aliphatic rings. The van der Waals surface area contributed by atoms with Gasteiger partial charge in [0.25, 0.3) is 0 Å². The molecular weight excluding hydrogens is 276 g/mol. The lowest BCUT2D eigenvalue weighted by molar-refractivity contribution is -0.110. The molecule has 0 amide bonds. The highest BCUT2D eigenvalue weighted by Crippen LogP contribution is 2.35. The number of ketones is 1. The van der Waals surface area contributed by atoms with Crippen molar-refractivity contribution in [1.29, 1.82) is 0 Å². The Morgan fingerprint density at radius 1 is 0.950 bits per heavy atom. The van der Waals surface area contributed by atoms with Crippen molar-refractivity contribution in [2.45, 2.75) is 66.0 Å². The Labute approximate surface area is 126 Å². The number of rotatable bonds is 2. The zero-order chi connectivity index (χ0) is 15.7. The van der Waals surface area contributed by atoms with Crippen LogP contribution in [0.4, 0.5) is 0 Å². The molecule has 0 aromatic rings. The van der Waals surface area contributed by atoms with Crippen molar-refractivity contribution in [3.05, 3.63) is 21.9 Å². The molecule has 0 spiro atoms. The fourth-order valence-electron chi connectivity index (χ4n) is 2.30. The molecule has 0 aromatic carbocycles. The van der Waals surface area contributed by atoms with Crippen LogP contribution in [0.5, 0.6) is 0 Å². The Bertz CT molecular complexity index is 540. The molecule has 110 valence electrons. The maximum atomic E-state index is 12.5. The molecular formula is C17H28OSi2. The average Bonchev–Trinajstić information content (AvgIpc) is 2.26. The minimum atomic E-state index is -1.49. The second-order valence-corrected chi connectivity index (χ2v) is 17.8. The van der Waals surface area contributed by atoms with Gasteiger partial charge in [0.1, 0.15) is 8.07 Å². The van der Waals surface area contributed by atoms with Gasteiger partial charge in [-0.25, -0.2) is 0 Å². The molecule has 0 radical (unpaired) electrons. The molecule has 0 aliphatic heterocycles. The van der Waals surface area contributed by atoms with Crippen LogP contribution in [0.25, 0.3) is 0 Å². The zero-order valence-electron chi connectivity index (χ0n) is 14.3. The van der Waals surface area contributed by atoms with Crippen LogP contribution in [0.3, 0.4) is 0 Å². The first-order chi connectivity index (χ1) is 8.92. The predicted octanol–water partition coefficient (Wildman–Crippen LogP) is 4.74. The normalized spacial score (nSPS) is 17.0. The third-order valence-corrected chi connectivity index (χ3v) is 6.87. The van der Waals surface area contributed by atoms with Crippen molar-refractivity contribution in [3.8, 4) is 11.5 Å². The summed E-state index contributed by atoms with van der Waals surface area (Å²) in [5, 5.41) is 1.41. The molecule has 1 aliphatic carbocycles. The maximum Gasteiger partial charge on any atom is 0.231 e. The van der Waals surface area contributed by atoms with Gasteiger partial charge < -0.3 is 0 Å². The van der Waals surface area contributed by atoms with E-state index in [4.69, 9.17) is 0 Å². The summed E-state index contributed by atoms with van der Waals surface area (Å²) in [6.45, 7) is 17.9. The molecule has 0 N–H and O–H groups in total. The second-order valence-electron chi connectivity index (χ2n) is 7.95. The fourth-order valence-corrected chi connectivity index (χ4v) is 4.69. The highest BCUT2D eigenvalue weighted by Gasteiger charge is 2.29. The molecule has 3 heteroatoms. The fraction of sp³-hybridized carbons (Fsp3) is 0.588. The van der Waals surface area contributed by atoms with Gasteiger partial charge in [-0.05, 0) is 32.6 Å². The van der Waals surface area contributed by atoms with Gasteiger partial charge in [0.2, 0.25) is 5.78 Å². The Morgan fingerprint density at radius 3 is 1.90 bits per heavy atom. The number of carbonyl (C=O) groups excluding carboxylic acids is 1. The first-order valence-corrected chi connectivity index (χ1v) is 14.4. The van der Waals surface area contributed by atoms with E-state index < -0.39 is 16.1 Å². The van der Waals surface area contributed by atoms with E-state index in [2.05, 4.69) is 64.6 Å². The van der Waals surface area contributed by atoms with E-state index in [9.17, 15) is 4.79 Å². The molecule has 0 aromatic heterocycles.